The molecule has 0 spiro atoms. The van der Waals surface area contributed by atoms with Crippen LogP contribution in [0.3, 0.4) is 0 Å². The molecule has 2 nitrogen and oxygen atoms in total. The second-order valence-electron chi connectivity index (χ2n) is 6.10. The highest BCUT2D eigenvalue weighted by atomic mass is 16.5. The van der Waals surface area contributed by atoms with Crippen molar-refractivity contribution in [2.45, 2.75) is 39.2 Å². The Kier molecular flexibility index (Phi) is 4.69. The van der Waals surface area contributed by atoms with Gasteiger partial charge in [-0.05, 0) is 48.6 Å². The smallest absolute Gasteiger partial charge is 0.121 e. The summed E-state index contributed by atoms with van der Waals surface area (Å²) in [7, 11) is 0. The van der Waals surface area contributed by atoms with Gasteiger partial charge in [0.2, 0.25) is 0 Å². The molecule has 0 radical (unpaired) electrons. The van der Waals surface area contributed by atoms with E-state index >= 15 is 0 Å². The minimum absolute atomic E-state index is 0.234. The van der Waals surface area contributed by atoms with Gasteiger partial charge in [0.1, 0.15) is 18.0 Å². The van der Waals surface area contributed by atoms with E-state index < -0.39 is 5.60 Å². The van der Waals surface area contributed by atoms with Crippen LogP contribution in [0.5, 0.6) is 5.75 Å². The molecule has 2 aromatic carbocycles. The van der Waals surface area contributed by atoms with Gasteiger partial charge in [0.25, 0.3) is 0 Å². The van der Waals surface area contributed by atoms with Crippen LogP contribution in [0.1, 0.15) is 43.4 Å². The van der Waals surface area contributed by atoms with Crippen molar-refractivity contribution in [1.82, 2.24) is 0 Å². The monoisotopic (exact) mass is 284 g/mol. The van der Waals surface area contributed by atoms with Gasteiger partial charge in [-0.1, -0.05) is 50.2 Å². The Balaban J connectivity index is 2.08. The van der Waals surface area contributed by atoms with E-state index in [1.165, 1.54) is 11.1 Å². The van der Waals surface area contributed by atoms with Gasteiger partial charge in [0, 0.05) is 0 Å². The fourth-order valence-corrected chi connectivity index (χ4v) is 2.49. The standard InChI is InChI=1S/C19H24O2/c1-14(2)18-11-10-17(12-15(18)3)21-13-19(4,20)16-8-6-5-7-9-16/h5-12,14,20H,13H2,1-4H3. The van der Waals surface area contributed by atoms with Gasteiger partial charge < -0.3 is 9.84 Å². The molecule has 2 aromatic rings. The maximum Gasteiger partial charge on any atom is 0.121 e. The molecule has 1 atom stereocenters. The SMILES string of the molecule is Cc1cc(OCC(C)(O)c2ccccc2)ccc1C(C)C. The summed E-state index contributed by atoms with van der Waals surface area (Å²) >= 11 is 0. The van der Waals surface area contributed by atoms with Gasteiger partial charge in [-0.3, -0.25) is 0 Å². The predicted molar refractivity (Wildman–Crippen MR) is 86.8 cm³/mol. The molecule has 2 rings (SSSR count). The lowest BCUT2D eigenvalue weighted by atomic mass is 9.97. The number of rotatable bonds is 5. The van der Waals surface area contributed by atoms with Crippen molar-refractivity contribution in [3.8, 4) is 5.75 Å². The van der Waals surface area contributed by atoms with Gasteiger partial charge in [-0.2, -0.15) is 0 Å². The fourth-order valence-electron chi connectivity index (χ4n) is 2.49. The van der Waals surface area contributed by atoms with Crippen LogP contribution in [0, 0.1) is 6.92 Å². The molecule has 0 aliphatic heterocycles. The maximum absolute atomic E-state index is 10.5. The van der Waals surface area contributed by atoms with E-state index in [1.807, 2.05) is 42.5 Å². The number of hydrogen-bond donors (Lipinski definition) is 1. The van der Waals surface area contributed by atoms with E-state index in [0.29, 0.717) is 5.92 Å². The first kappa shape index (κ1) is 15.6. The van der Waals surface area contributed by atoms with Crippen molar-refractivity contribution in [2.24, 2.45) is 0 Å². The van der Waals surface area contributed by atoms with Crippen LogP contribution >= 0.6 is 0 Å². The average molecular weight is 284 g/mol. The first-order chi connectivity index (χ1) is 9.90. The number of hydrogen-bond acceptors (Lipinski definition) is 2. The van der Waals surface area contributed by atoms with E-state index in [-0.39, 0.29) is 6.61 Å². The van der Waals surface area contributed by atoms with E-state index in [9.17, 15) is 5.11 Å². The van der Waals surface area contributed by atoms with Crippen LogP contribution in [0.4, 0.5) is 0 Å². The van der Waals surface area contributed by atoms with Crippen molar-refractivity contribution < 1.29 is 9.84 Å². The molecule has 0 aliphatic carbocycles. The molecule has 0 amide bonds. The molecule has 0 aromatic heterocycles. The summed E-state index contributed by atoms with van der Waals surface area (Å²) in [6, 6.07) is 15.7. The summed E-state index contributed by atoms with van der Waals surface area (Å²) < 4.78 is 5.79. The molecule has 0 aliphatic rings. The number of benzene rings is 2. The Morgan fingerprint density at radius 1 is 1.10 bits per heavy atom. The molecule has 0 bridgehead atoms. The Labute approximate surface area is 127 Å². The highest BCUT2D eigenvalue weighted by Gasteiger charge is 2.23. The Morgan fingerprint density at radius 2 is 1.76 bits per heavy atom. The van der Waals surface area contributed by atoms with Crippen LogP contribution in [0.15, 0.2) is 48.5 Å². The average Bonchev–Trinajstić information content (AvgIpc) is 2.46. The first-order valence-corrected chi connectivity index (χ1v) is 7.41. The lowest BCUT2D eigenvalue weighted by Gasteiger charge is -2.24. The second-order valence-corrected chi connectivity index (χ2v) is 6.10. The molecule has 112 valence electrons. The third-order valence-electron chi connectivity index (χ3n) is 3.78. The quantitative estimate of drug-likeness (QED) is 0.881. The molecule has 1 unspecified atom stereocenters. The van der Waals surface area contributed by atoms with Crippen molar-refractivity contribution >= 4 is 0 Å². The predicted octanol–water partition coefficient (Wildman–Crippen LogP) is 4.40. The summed E-state index contributed by atoms with van der Waals surface area (Å²) in [5, 5.41) is 10.5. The normalized spacial score (nSPS) is 14.0. The minimum Gasteiger partial charge on any atom is -0.490 e. The van der Waals surface area contributed by atoms with Crippen LogP contribution in [-0.2, 0) is 5.60 Å². The van der Waals surface area contributed by atoms with E-state index in [2.05, 4.69) is 26.8 Å². The largest absolute Gasteiger partial charge is 0.490 e. The zero-order valence-electron chi connectivity index (χ0n) is 13.3. The number of aryl methyl sites for hydroxylation is 1. The topological polar surface area (TPSA) is 29.5 Å². The Morgan fingerprint density at radius 3 is 2.33 bits per heavy atom. The van der Waals surface area contributed by atoms with Crippen molar-refractivity contribution in [1.29, 1.82) is 0 Å². The van der Waals surface area contributed by atoms with Crippen molar-refractivity contribution in [3.05, 3.63) is 65.2 Å². The van der Waals surface area contributed by atoms with Crippen LogP contribution in [-0.4, -0.2) is 11.7 Å². The fraction of sp³-hybridized carbons (Fsp3) is 0.368. The molecule has 21 heavy (non-hydrogen) atoms. The summed E-state index contributed by atoms with van der Waals surface area (Å²) in [6.45, 7) is 8.47. The third kappa shape index (κ3) is 3.85. The summed E-state index contributed by atoms with van der Waals surface area (Å²) in [6.07, 6.45) is 0. The summed E-state index contributed by atoms with van der Waals surface area (Å²) in [4.78, 5) is 0. The van der Waals surface area contributed by atoms with Gasteiger partial charge >= 0.3 is 0 Å². The molecule has 0 saturated heterocycles. The molecule has 0 heterocycles. The van der Waals surface area contributed by atoms with Gasteiger partial charge in [0.05, 0.1) is 0 Å². The molecule has 2 heteroatoms. The molecule has 0 saturated carbocycles. The summed E-state index contributed by atoms with van der Waals surface area (Å²) in [5.74, 6) is 1.31. The summed E-state index contributed by atoms with van der Waals surface area (Å²) in [5.41, 5.74) is 2.42. The number of aliphatic hydroxyl groups is 1. The lowest BCUT2D eigenvalue weighted by Crippen LogP contribution is -2.29. The zero-order chi connectivity index (χ0) is 15.5. The number of ether oxygens (including phenoxy) is 1. The van der Waals surface area contributed by atoms with Crippen molar-refractivity contribution in [2.75, 3.05) is 6.61 Å². The Bertz CT molecular complexity index is 586. The maximum atomic E-state index is 10.5. The third-order valence-corrected chi connectivity index (χ3v) is 3.78. The molecular formula is C19H24O2. The van der Waals surface area contributed by atoms with Gasteiger partial charge in [-0.15, -0.1) is 0 Å². The zero-order valence-corrected chi connectivity index (χ0v) is 13.3. The van der Waals surface area contributed by atoms with Crippen molar-refractivity contribution in [3.63, 3.8) is 0 Å². The highest BCUT2D eigenvalue weighted by molar-refractivity contribution is 5.36. The second kappa shape index (κ2) is 6.31. The Hall–Kier alpha value is -1.80. The van der Waals surface area contributed by atoms with E-state index in [0.717, 1.165) is 11.3 Å². The highest BCUT2D eigenvalue weighted by Crippen LogP contribution is 2.26. The molecule has 0 fully saturated rings. The van der Waals surface area contributed by atoms with E-state index in [1.54, 1.807) is 6.92 Å². The van der Waals surface area contributed by atoms with Crippen LogP contribution in [0.2, 0.25) is 0 Å². The van der Waals surface area contributed by atoms with E-state index in [4.69, 9.17) is 4.74 Å². The van der Waals surface area contributed by atoms with Crippen LogP contribution < -0.4 is 4.74 Å². The molecular weight excluding hydrogens is 260 g/mol. The lowest BCUT2D eigenvalue weighted by molar-refractivity contribution is 0.00757. The molecule has 1 N–H and O–H groups in total. The van der Waals surface area contributed by atoms with Gasteiger partial charge in [-0.25, -0.2) is 0 Å². The van der Waals surface area contributed by atoms with Crippen LogP contribution in [0.25, 0.3) is 0 Å². The first-order valence-electron chi connectivity index (χ1n) is 7.41. The van der Waals surface area contributed by atoms with Gasteiger partial charge in [0.15, 0.2) is 0 Å². The minimum atomic E-state index is -0.994.